The largest absolute Gasteiger partial charge is 0.343 e. The van der Waals surface area contributed by atoms with Gasteiger partial charge in [0.25, 0.3) is 0 Å². The van der Waals surface area contributed by atoms with Gasteiger partial charge in [0.15, 0.2) is 0 Å². The number of likely N-dealkylation sites (tertiary alicyclic amines) is 1. The molecule has 1 saturated heterocycles. The Morgan fingerprint density at radius 1 is 1.22 bits per heavy atom. The van der Waals surface area contributed by atoms with Crippen molar-refractivity contribution < 1.29 is 4.79 Å². The van der Waals surface area contributed by atoms with E-state index in [2.05, 4.69) is 32.2 Å². The molecular formula is C18H25BrN2OS. The molecule has 23 heavy (non-hydrogen) atoms. The predicted octanol–water partition coefficient (Wildman–Crippen LogP) is 3.92. The van der Waals surface area contributed by atoms with Gasteiger partial charge in [-0.25, -0.2) is 0 Å². The van der Waals surface area contributed by atoms with E-state index in [0.717, 1.165) is 42.1 Å². The summed E-state index contributed by atoms with van der Waals surface area (Å²) in [6.07, 6.45) is 5.65. The van der Waals surface area contributed by atoms with Crippen LogP contribution in [0.1, 0.15) is 32.1 Å². The quantitative estimate of drug-likeness (QED) is 0.708. The summed E-state index contributed by atoms with van der Waals surface area (Å²) < 4.78 is 1.11. The number of hydrogen-bond donors (Lipinski definition) is 1. The number of carbonyl (C=O) groups excluding carboxylic acids is 1. The minimum absolute atomic E-state index is 0.310. The fourth-order valence-corrected chi connectivity index (χ4v) is 4.46. The van der Waals surface area contributed by atoms with E-state index < -0.39 is 0 Å². The number of halogens is 1. The molecule has 1 N–H and O–H groups in total. The molecule has 126 valence electrons. The van der Waals surface area contributed by atoms with E-state index in [1.807, 2.05) is 18.2 Å². The van der Waals surface area contributed by atoms with Gasteiger partial charge in [0.1, 0.15) is 0 Å². The normalized spacial score (nSPS) is 19.1. The average Bonchev–Trinajstić information content (AvgIpc) is 3.39. The summed E-state index contributed by atoms with van der Waals surface area (Å²) >= 11 is 5.30. The molecule has 2 aliphatic rings. The Kier molecular flexibility index (Phi) is 6.43. The lowest BCUT2D eigenvalue weighted by molar-refractivity contribution is -0.131. The fraction of sp³-hybridized carbons (Fsp3) is 0.611. The summed E-state index contributed by atoms with van der Waals surface area (Å²) in [5.74, 6) is 2.09. The summed E-state index contributed by atoms with van der Waals surface area (Å²) in [5.41, 5.74) is 0. The molecule has 1 aliphatic carbocycles. The number of hydrogen-bond acceptors (Lipinski definition) is 3. The Balaban J connectivity index is 1.33. The summed E-state index contributed by atoms with van der Waals surface area (Å²) in [4.78, 5) is 15.6. The van der Waals surface area contributed by atoms with Gasteiger partial charge in [0, 0.05) is 40.7 Å². The number of rotatable bonds is 7. The first-order valence-electron chi connectivity index (χ1n) is 8.61. The molecule has 0 unspecified atom stereocenters. The SMILES string of the molecule is O=C(CCSc1ccccc1Br)N1CCC(NCC2CC2)CC1. The molecule has 1 amide bonds. The Hall–Kier alpha value is -0.520. The summed E-state index contributed by atoms with van der Waals surface area (Å²) in [5, 5.41) is 3.67. The molecule has 3 nitrogen and oxygen atoms in total. The molecule has 1 heterocycles. The molecule has 0 atom stereocenters. The van der Waals surface area contributed by atoms with E-state index in [0.29, 0.717) is 18.4 Å². The van der Waals surface area contributed by atoms with Crippen molar-refractivity contribution in [2.45, 2.75) is 43.0 Å². The maximum Gasteiger partial charge on any atom is 0.223 e. The number of carbonyl (C=O) groups is 1. The number of piperidine rings is 1. The van der Waals surface area contributed by atoms with Gasteiger partial charge in [-0.2, -0.15) is 0 Å². The average molecular weight is 397 g/mol. The molecular weight excluding hydrogens is 372 g/mol. The molecule has 1 aliphatic heterocycles. The van der Waals surface area contributed by atoms with Crippen molar-refractivity contribution in [3.8, 4) is 0 Å². The zero-order valence-electron chi connectivity index (χ0n) is 13.5. The Labute approximate surface area is 151 Å². The zero-order chi connectivity index (χ0) is 16.1. The van der Waals surface area contributed by atoms with Crippen LogP contribution in [0, 0.1) is 5.92 Å². The van der Waals surface area contributed by atoms with E-state index >= 15 is 0 Å². The van der Waals surface area contributed by atoms with Crippen LogP contribution in [0.5, 0.6) is 0 Å². The van der Waals surface area contributed by atoms with Crippen molar-refractivity contribution in [1.82, 2.24) is 10.2 Å². The van der Waals surface area contributed by atoms with Crippen LogP contribution in [0.2, 0.25) is 0 Å². The van der Waals surface area contributed by atoms with E-state index in [4.69, 9.17) is 0 Å². The second kappa shape index (κ2) is 8.54. The van der Waals surface area contributed by atoms with Crippen LogP contribution in [0.15, 0.2) is 33.6 Å². The lowest BCUT2D eigenvalue weighted by Crippen LogP contribution is -2.45. The van der Waals surface area contributed by atoms with Gasteiger partial charge in [-0.1, -0.05) is 12.1 Å². The van der Waals surface area contributed by atoms with Crippen LogP contribution in [0.3, 0.4) is 0 Å². The predicted molar refractivity (Wildman–Crippen MR) is 99.8 cm³/mol. The van der Waals surface area contributed by atoms with Gasteiger partial charge in [0.2, 0.25) is 5.91 Å². The number of nitrogens with one attached hydrogen (secondary N) is 1. The Morgan fingerprint density at radius 2 is 1.96 bits per heavy atom. The standard InChI is InChI=1S/C18H25BrN2OS/c19-16-3-1-2-4-17(16)23-12-9-18(22)21-10-7-15(8-11-21)20-13-14-5-6-14/h1-4,14-15,20H,5-13H2. The Bertz CT molecular complexity index is 528. The van der Waals surface area contributed by atoms with Crippen LogP contribution in [-0.2, 0) is 4.79 Å². The minimum Gasteiger partial charge on any atom is -0.343 e. The molecule has 1 saturated carbocycles. The van der Waals surface area contributed by atoms with E-state index in [1.54, 1.807) is 11.8 Å². The lowest BCUT2D eigenvalue weighted by atomic mass is 10.0. The van der Waals surface area contributed by atoms with Gasteiger partial charge in [-0.3, -0.25) is 4.79 Å². The first kappa shape index (κ1) is 17.3. The molecule has 0 bridgehead atoms. The van der Waals surface area contributed by atoms with E-state index in [1.165, 1.54) is 24.3 Å². The maximum atomic E-state index is 12.3. The minimum atomic E-state index is 0.310. The van der Waals surface area contributed by atoms with Crippen LogP contribution >= 0.6 is 27.7 Å². The fourth-order valence-electron chi connectivity index (χ4n) is 2.96. The lowest BCUT2D eigenvalue weighted by Gasteiger charge is -2.32. The van der Waals surface area contributed by atoms with Crippen molar-refractivity contribution in [1.29, 1.82) is 0 Å². The first-order chi connectivity index (χ1) is 11.2. The molecule has 0 spiro atoms. The van der Waals surface area contributed by atoms with Crippen molar-refractivity contribution in [3.05, 3.63) is 28.7 Å². The molecule has 3 rings (SSSR count). The highest BCUT2D eigenvalue weighted by Crippen LogP contribution is 2.29. The third-order valence-electron chi connectivity index (χ3n) is 4.65. The highest BCUT2D eigenvalue weighted by molar-refractivity contribution is 9.10. The third-order valence-corrected chi connectivity index (χ3v) is 6.68. The van der Waals surface area contributed by atoms with Gasteiger partial charge in [0.05, 0.1) is 0 Å². The molecule has 1 aromatic carbocycles. The topological polar surface area (TPSA) is 32.3 Å². The Morgan fingerprint density at radius 3 is 2.65 bits per heavy atom. The zero-order valence-corrected chi connectivity index (χ0v) is 15.9. The van der Waals surface area contributed by atoms with Gasteiger partial charge in [-0.05, 0) is 66.2 Å². The van der Waals surface area contributed by atoms with Gasteiger partial charge >= 0.3 is 0 Å². The summed E-state index contributed by atoms with van der Waals surface area (Å²) in [6, 6.07) is 8.81. The van der Waals surface area contributed by atoms with Crippen LogP contribution in [-0.4, -0.2) is 42.2 Å². The molecule has 0 radical (unpaired) electrons. The van der Waals surface area contributed by atoms with Crippen molar-refractivity contribution in [2.24, 2.45) is 5.92 Å². The molecule has 0 aromatic heterocycles. The van der Waals surface area contributed by atoms with Crippen molar-refractivity contribution in [3.63, 3.8) is 0 Å². The van der Waals surface area contributed by atoms with Crippen LogP contribution < -0.4 is 5.32 Å². The molecule has 2 fully saturated rings. The number of benzene rings is 1. The number of nitrogens with zero attached hydrogens (tertiary/aromatic N) is 1. The molecule has 5 heteroatoms. The monoisotopic (exact) mass is 396 g/mol. The summed E-state index contributed by atoms with van der Waals surface area (Å²) in [7, 11) is 0. The van der Waals surface area contributed by atoms with Crippen molar-refractivity contribution in [2.75, 3.05) is 25.4 Å². The van der Waals surface area contributed by atoms with Crippen LogP contribution in [0.4, 0.5) is 0 Å². The summed E-state index contributed by atoms with van der Waals surface area (Å²) in [6.45, 7) is 3.02. The molecule has 1 aromatic rings. The number of amides is 1. The second-order valence-corrected chi connectivity index (χ2v) is 8.53. The van der Waals surface area contributed by atoms with E-state index in [9.17, 15) is 4.79 Å². The number of thioether (sulfide) groups is 1. The van der Waals surface area contributed by atoms with E-state index in [-0.39, 0.29) is 0 Å². The third kappa shape index (κ3) is 5.50. The second-order valence-electron chi connectivity index (χ2n) is 6.54. The maximum absolute atomic E-state index is 12.3. The van der Waals surface area contributed by atoms with Gasteiger partial charge in [-0.15, -0.1) is 11.8 Å². The highest BCUT2D eigenvalue weighted by atomic mass is 79.9. The van der Waals surface area contributed by atoms with Gasteiger partial charge < -0.3 is 10.2 Å². The first-order valence-corrected chi connectivity index (χ1v) is 10.4. The smallest absolute Gasteiger partial charge is 0.223 e. The van der Waals surface area contributed by atoms with Crippen LogP contribution in [0.25, 0.3) is 0 Å². The van der Waals surface area contributed by atoms with Crippen molar-refractivity contribution >= 4 is 33.6 Å². The highest BCUT2D eigenvalue weighted by Gasteiger charge is 2.25.